The van der Waals surface area contributed by atoms with Crippen molar-refractivity contribution in [2.75, 3.05) is 6.61 Å². The molecule has 0 aromatic carbocycles. The second kappa shape index (κ2) is 10.2. The number of esters is 1. The Morgan fingerprint density at radius 2 is 1.65 bits per heavy atom. The summed E-state index contributed by atoms with van der Waals surface area (Å²) in [6, 6.07) is 0. The van der Waals surface area contributed by atoms with Gasteiger partial charge in [-0.1, -0.05) is 34.1 Å². The summed E-state index contributed by atoms with van der Waals surface area (Å²) >= 11 is 0. The summed E-state index contributed by atoms with van der Waals surface area (Å²) in [7, 11) is 0. The van der Waals surface area contributed by atoms with Gasteiger partial charge in [-0.2, -0.15) is 0 Å². The average molecular weight is 288 g/mol. The first-order valence-corrected chi connectivity index (χ1v) is 7.87. The smallest absolute Gasteiger partial charge is 0.308 e. The van der Waals surface area contributed by atoms with Crippen LogP contribution in [0.15, 0.2) is 0 Å². The molecule has 4 unspecified atom stereocenters. The molecule has 0 aromatic heterocycles. The number of hydrogen-bond donors (Lipinski definition) is 2. The van der Waals surface area contributed by atoms with E-state index in [2.05, 4.69) is 0 Å². The molecule has 2 N–H and O–H groups in total. The molecule has 0 aromatic rings. The molecule has 0 radical (unpaired) electrons. The lowest BCUT2D eigenvalue weighted by atomic mass is 9.82. The van der Waals surface area contributed by atoms with Crippen molar-refractivity contribution >= 4 is 5.97 Å². The average Bonchev–Trinajstić information content (AvgIpc) is 2.38. The third-order valence-electron chi connectivity index (χ3n) is 3.82. The molecule has 0 spiro atoms. The van der Waals surface area contributed by atoms with E-state index < -0.39 is 12.2 Å². The zero-order valence-electron chi connectivity index (χ0n) is 13.6. The van der Waals surface area contributed by atoms with Crippen molar-refractivity contribution in [3.63, 3.8) is 0 Å². The van der Waals surface area contributed by atoms with Crippen molar-refractivity contribution in [1.29, 1.82) is 0 Å². The van der Waals surface area contributed by atoms with Crippen molar-refractivity contribution in [3.8, 4) is 0 Å². The molecule has 0 aliphatic rings. The first-order chi connectivity index (χ1) is 9.34. The van der Waals surface area contributed by atoms with Gasteiger partial charge in [0.05, 0.1) is 24.7 Å². The van der Waals surface area contributed by atoms with Crippen LogP contribution in [0.5, 0.6) is 0 Å². The van der Waals surface area contributed by atoms with Crippen LogP contribution in [0.4, 0.5) is 0 Å². The molecule has 0 aliphatic carbocycles. The number of aliphatic hydroxyl groups is 2. The minimum Gasteiger partial charge on any atom is -0.466 e. The van der Waals surface area contributed by atoms with Gasteiger partial charge in [0.15, 0.2) is 0 Å². The Hall–Kier alpha value is -0.610. The van der Waals surface area contributed by atoms with Crippen LogP contribution in [0.1, 0.15) is 60.3 Å². The number of hydrogen-bond acceptors (Lipinski definition) is 4. The standard InChI is InChI=1S/C16H32O4/c1-6-8-14(17)13(15(18)11(3)4)10-9-12(5)16(19)20-7-2/h11-15,17-18H,6-10H2,1-5H3. The van der Waals surface area contributed by atoms with E-state index in [0.29, 0.717) is 25.9 Å². The van der Waals surface area contributed by atoms with Gasteiger partial charge in [-0.3, -0.25) is 4.79 Å². The molecule has 4 nitrogen and oxygen atoms in total. The Labute approximate surface area is 123 Å². The quantitative estimate of drug-likeness (QED) is 0.607. The summed E-state index contributed by atoms with van der Waals surface area (Å²) in [5.74, 6) is -0.461. The second-order valence-corrected chi connectivity index (χ2v) is 5.98. The maximum Gasteiger partial charge on any atom is 0.308 e. The molecule has 0 fully saturated rings. The Bertz CT molecular complexity index is 265. The molecular weight excluding hydrogens is 256 g/mol. The zero-order chi connectivity index (χ0) is 15.7. The van der Waals surface area contributed by atoms with Crippen LogP contribution in [-0.2, 0) is 9.53 Å². The highest BCUT2D eigenvalue weighted by Gasteiger charge is 2.29. The normalized spacial score (nSPS) is 17.6. The first-order valence-electron chi connectivity index (χ1n) is 7.87. The summed E-state index contributed by atoms with van der Waals surface area (Å²) in [4.78, 5) is 11.6. The van der Waals surface area contributed by atoms with Crippen LogP contribution < -0.4 is 0 Å². The van der Waals surface area contributed by atoms with Crippen molar-refractivity contribution < 1.29 is 19.7 Å². The molecule has 20 heavy (non-hydrogen) atoms. The van der Waals surface area contributed by atoms with Gasteiger partial charge < -0.3 is 14.9 Å². The van der Waals surface area contributed by atoms with Crippen molar-refractivity contribution in [3.05, 3.63) is 0 Å². The summed E-state index contributed by atoms with van der Waals surface area (Å²) in [5.41, 5.74) is 0. The Morgan fingerprint density at radius 3 is 2.10 bits per heavy atom. The SMILES string of the molecule is CCCC(O)C(CCC(C)C(=O)OCC)C(O)C(C)C. The van der Waals surface area contributed by atoms with E-state index in [1.807, 2.05) is 27.7 Å². The Balaban J connectivity index is 4.53. The minimum absolute atomic E-state index is 0.101. The third-order valence-corrected chi connectivity index (χ3v) is 3.82. The van der Waals surface area contributed by atoms with Crippen molar-refractivity contribution in [2.45, 2.75) is 72.5 Å². The van der Waals surface area contributed by atoms with Gasteiger partial charge in [-0.05, 0) is 32.1 Å². The highest BCUT2D eigenvalue weighted by Crippen LogP contribution is 2.26. The summed E-state index contributed by atoms with van der Waals surface area (Å²) < 4.78 is 4.99. The fraction of sp³-hybridized carbons (Fsp3) is 0.938. The van der Waals surface area contributed by atoms with Crippen molar-refractivity contribution in [1.82, 2.24) is 0 Å². The van der Waals surface area contributed by atoms with E-state index in [1.165, 1.54) is 0 Å². The van der Waals surface area contributed by atoms with Gasteiger partial charge in [-0.15, -0.1) is 0 Å². The van der Waals surface area contributed by atoms with Crippen LogP contribution in [0, 0.1) is 17.8 Å². The molecule has 0 saturated heterocycles. The Kier molecular flexibility index (Phi) is 9.86. The summed E-state index contributed by atoms with van der Waals surface area (Å²) in [6.07, 6.45) is 1.80. The third kappa shape index (κ3) is 6.71. The second-order valence-electron chi connectivity index (χ2n) is 5.98. The number of ether oxygens (including phenoxy) is 1. The minimum atomic E-state index is -0.536. The molecular formula is C16H32O4. The Morgan fingerprint density at radius 1 is 1.05 bits per heavy atom. The van der Waals surface area contributed by atoms with Crippen LogP contribution in [-0.4, -0.2) is 35.0 Å². The molecule has 120 valence electrons. The maximum absolute atomic E-state index is 11.6. The van der Waals surface area contributed by atoms with Gasteiger partial charge in [0.2, 0.25) is 0 Å². The maximum atomic E-state index is 11.6. The lowest BCUT2D eigenvalue weighted by Crippen LogP contribution is -2.36. The summed E-state index contributed by atoms with van der Waals surface area (Å²) in [5, 5.41) is 20.5. The fourth-order valence-electron chi connectivity index (χ4n) is 2.44. The van der Waals surface area contributed by atoms with Crippen LogP contribution in [0.25, 0.3) is 0 Å². The van der Waals surface area contributed by atoms with E-state index in [-0.39, 0.29) is 23.7 Å². The molecule has 0 aliphatic heterocycles. The predicted octanol–water partition coefficient (Wildman–Crippen LogP) is 2.76. The molecule has 4 heteroatoms. The molecule has 0 rings (SSSR count). The molecule has 4 atom stereocenters. The fourth-order valence-corrected chi connectivity index (χ4v) is 2.44. The van der Waals surface area contributed by atoms with Gasteiger partial charge in [0.1, 0.15) is 0 Å². The van der Waals surface area contributed by atoms with Gasteiger partial charge in [-0.25, -0.2) is 0 Å². The number of rotatable bonds is 10. The monoisotopic (exact) mass is 288 g/mol. The van der Waals surface area contributed by atoms with E-state index in [1.54, 1.807) is 6.92 Å². The number of carbonyl (C=O) groups excluding carboxylic acids is 1. The molecule has 0 amide bonds. The zero-order valence-corrected chi connectivity index (χ0v) is 13.6. The van der Waals surface area contributed by atoms with Crippen LogP contribution >= 0.6 is 0 Å². The van der Waals surface area contributed by atoms with Gasteiger partial charge in [0, 0.05) is 5.92 Å². The van der Waals surface area contributed by atoms with E-state index >= 15 is 0 Å². The lowest BCUT2D eigenvalue weighted by Gasteiger charge is -2.30. The van der Waals surface area contributed by atoms with Crippen LogP contribution in [0.3, 0.4) is 0 Å². The van der Waals surface area contributed by atoms with Crippen LogP contribution in [0.2, 0.25) is 0 Å². The van der Waals surface area contributed by atoms with Gasteiger partial charge in [0.25, 0.3) is 0 Å². The predicted molar refractivity (Wildman–Crippen MR) is 80.3 cm³/mol. The highest BCUT2D eigenvalue weighted by molar-refractivity contribution is 5.71. The highest BCUT2D eigenvalue weighted by atomic mass is 16.5. The van der Waals surface area contributed by atoms with Gasteiger partial charge >= 0.3 is 5.97 Å². The number of aliphatic hydroxyl groups excluding tert-OH is 2. The van der Waals surface area contributed by atoms with E-state index in [9.17, 15) is 15.0 Å². The first kappa shape index (κ1) is 19.4. The summed E-state index contributed by atoms with van der Waals surface area (Å²) in [6.45, 7) is 9.93. The van der Waals surface area contributed by atoms with E-state index in [4.69, 9.17) is 4.74 Å². The number of carbonyl (C=O) groups is 1. The molecule has 0 saturated carbocycles. The van der Waals surface area contributed by atoms with E-state index in [0.717, 1.165) is 6.42 Å². The topological polar surface area (TPSA) is 66.8 Å². The lowest BCUT2D eigenvalue weighted by molar-refractivity contribution is -0.148. The largest absolute Gasteiger partial charge is 0.466 e. The molecule has 0 bridgehead atoms. The molecule has 0 heterocycles. The van der Waals surface area contributed by atoms with Crippen molar-refractivity contribution in [2.24, 2.45) is 17.8 Å².